The number of hydrogen-bond donors (Lipinski definition) is 5. The highest BCUT2D eigenvalue weighted by Crippen LogP contribution is 2.10. The Morgan fingerprint density at radius 2 is 1.85 bits per heavy atom. The third-order valence-electron chi connectivity index (χ3n) is 2.63. The van der Waals surface area contributed by atoms with E-state index in [2.05, 4.69) is 0 Å². The topological polar surface area (TPSA) is 142 Å². The number of ether oxygens (including phenoxy) is 2. The summed E-state index contributed by atoms with van der Waals surface area (Å²) in [6.07, 6.45) is -3.03. The van der Waals surface area contributed by atoms with Crippen LogP contribution in [0.5, 0.6) is 0 Å². The fourth-order valence-electron chi connectivity index (χ4n) is 1.41. The van der Waals surface area contributed by atoms with Crippen LogP contribution in [-0.2, 0) is 14.3 Å². The number of aliphatic hydroxyl groups excluding tert-OH is 4. The van der Waals surface area contributed by atoms with Crippen molar-refractivity contribution in [3.05, 3.63) is 0 Å². The Hall–Kier alpha value is -0.770. The Kier molecular flexibility index (Phi) is 10.5. The summed E-state index contributed by atoms with van der Waals surface area (Å²) in [4.78, 5) is 10.5. The average Bonchev–Trinajstić information content (AvgIpc) is 2.40. The number of unbranched alkanes of at least 4 members (excludes halogenated alkanes) is 1. The molecular weight excluding hydrogens is 270 g/mol. The molecule has 4 atom stereocenters. The number of aliphatic hydroxyl groups is 4. The van der Waals surface area contributed by atoms with E-state index in [0.717, 1.165) is 0 Å². The molecule has 0 aliphatic heterocycles. The highest BCUT2D eigenvalue weighted by Gasteiger charge is 2.26. The van der Waals surface area contributed by atoms with Crippen LogP contribution in [0.2, 0.25) is 0 Å². The minimum Gasteiger partial charge on any atom is -0.394 e. The number of amides is 1. The van der Waals surface area contributed by atoms with Crippen molar-refractivity contribution in [3.63, 3.8) is 0 Å². The molecule has 0 aromatic heterocycles. The molecule has 8 heteroatoms. The Morgan fingerprint density at radius 1 is 1.20 bits per heavy atom. The summed E-state index contributed by atoms with van der Waals surface area (Å²) in [5.74, 6) is -0.400. The number of carbonyl (C=O) groups is 1. The molecule has 4 unspecified atom stereocenters. The van der Waals surface area contributed by atoms with E-state index in [-0.39, 0.29) is 13.0 Å². The van der Waals surface area contributed by atoms with Gasteiger partial charge in [0.25, 0.3) is 0 Å². The van der Waals surface area contributed by atoms with E-state index in [1.165, 1.54) is 6.92 Å². The SMILES string of the molecule is CC(O)C(CO)OC(OCCCCC(N)=O)C(O)CO. The van der Waals surface area contributed by atoms with Crippen LogP contribution in [0.25, 0.3) is 0 Å². The Labute approximate surface area is 118 Å². The predicted octanol–water partition coefficient (Wildman–Crippen LogP) is -1.90. The first-order valence-corrected chi connectivity index (χ1v) is 6.55. The fraction of sp³-hybridized carbons (Fsp3) is 0.917. The standard InChI is InChI=1S/C12H25NO7/c1-8(16)10(7-15)20-12(9(17)6-14)19-5-3-2-4-11(13)18/h8-10,12,14-17H,2-7H2,1H3,(H2,13,18). The van der Waals surface area contributed by atoms with Crippen molar-refractivity contribution in [2.24, 2.45) is 5.73 Å². The molecule has 0 heterocycles. The van der Waals surface area contributed by atoms with Gasteiger partial charge in [-0.25, -0.2) is 0 Å². The zero-order chi connectivity index (χ0) is 15.5. The van der Waals surface area contributed by atoms with Crippen LogP contribution in [0, 0.1) is 0 Å². The largest absolute Gasteiger partial charge is 0.394 e. The van der Waals surface area contributed by atoms with Gasteiger partial charge in [-0.05, 0) is 19.8 Å². The molecule has 0 fully saturated rings. The lowest BCUT2D eigenvalue weighted by molar-refractivity contribution is -0.240. The first kappa shape index (κ1) is 19.2. The fourth-order valence-corrected chi connectivity index (χ4v) is 1.41. The van der Waals surface area contributed by atoms with Gasteiger partial charge >= 0.3 is 0 Å². The number of hydrogen-bond acceptors (Lipinski definition) is 7. The predicted molar refractivity (Wildman–Crippen MR) is 69.5 cm³/mol. The van der Waals surface area contributed by atoms with E-state index in [1.54, 1.807) is 0 Å². The van der Waals surface area contributed by atoms with Gasteiger partial charge in [0, 0.05) is 13.0 Å². The normalized spacial score (nSPS) is 17.4. The second kappa shape index (κ2) is 11.0. The van der Waals surface area contributed by atoms with Crippen LogP contribution in [0.1, 0.15) is 26.2 Å². The molecule has 0 radical (unpaired) electrons. The Bertz CT molecular complexity index is 262. The van der Waals surface area contributed by atoms with Crippen molar-refractivity contribution >= 4 is 5.91 Å². The summed E-state index contributed by atoms with van der Waals surface area (Å²) in [6, 6.07) is 0. The zero-order valence-corrected chi connectivity index (χ0v) is 11.6. The second-order valence-corrected chi connectivity index (χ2v) is 4.51. The van der Waals surface area contributed by atoms with Crippen molar-refractivity contribution in [1.29, 1.82) is 0 Å². The summed E-state index contributed by atoms with van der Waals surface area (Å²) in [5.41, 5.74) is 4.99. The zero-order valence-electron chi connectivity index (χ0n) is 11.6. The van der Waals surface area contributed by atoms with E-state index in [4.69, 9.17) is 25.4 Å². The molecule has 1 amide bonds. The van der Waals surface area contributed by atoms with Gasteiger partial charge in [-0.3, -0.25) is 4.79 Å². The van der Waals surface area contributed by atoms with E-state index in [0.29, 0.717) is 12.8 Å². The molecule has 0 bridgehead atoms. The quantitative estimate of drug-likeness (QED) is 0.209. The van der Waals surface area contributed by atoms with Crippen molar-refractivity contribution < 1.29 is 34.7 Å². The minimum absolute atomic E-state index is 0.187. The van der Waals surface area contributed by atoms with Crippen LogP contribution in [-0.4, -0.2) is 70.8 Å². The molecule has 0 spiro atoms. The number of primary amides is 1. The summed E-state index contributed by atoms with van der Waals surface area (Å²) < 4.78 is 10.5. The molecule has 20 heavy (non-hydrogen) atoms. The van der Waals surface area contributed by atoms with Gasteiger partial charge in [-0.2, -0.15) is 0 Å². The summed E-state index contributed by atoms with van der Waals surface area (Å²) >= 11 is 0. The Morgan fingerprint density at radius 3 is 2.30 bits per heavy atom. The van der Waals surface area contributed by atoms with E-state index in [1.807, 2.05) is 0 Å². The third kappa shape index (κ3) is 8.41. The van der Waals surface area contributed by atoms with Crippen molar-refractivity contribution in [1.82, 2.24) is 0 Å². The number of nitrogens with two attached hydrogens (primary N) is 1. The first-order valence-electron chi connectivity index (χ1n) is 6.55. The van der Waals surface area contributed by atoms with Crippen molar-refractivity contribution in [3.8, 4) is 0 Å². The van der Waals surface area contributed by atoms with E-state index in [9.17, 15) is 15.0 Å². The lowest BCUT2D eigenvalue weighted by Crippen LogP contribution is -2.42. The molecule has 8 nitrogen and oxygen atoms in total. The molecule has 0 aliphatic carbocycles. The van der Waals surface area contributed by atoms with Crippen molar-refractivity contribution in [2.45, 2.75) is 50.8 Å². The maximum absolute atomic E-state index is 10.5. The third-order valence-corrected chi connectivity index (χ3v) is 2.63. The first-order chi connectivity index (χ1) is 9.42. The molecule has 6 N–H and O–H groups in total. The monoisotopic (exact) mass is 295 g/mol. The van der Waals surface area contributed by atoms with Crippen LogP contribution in [0.4, 0.5) is 0 Å². The average molecular weight is 295 g/mol. The van der Waals surface area contributed by atoms with Crippen LogP contribution < -0.4 is 5.73 Å². The molecular formula is C12H25NO7. The minimum atomic E-state index is -1.29. The van der Waals surface area contributed by atoms with Crippen LogP contribution >= 0.6 is 0 Å². The maximum Gasteiger partial charge on any atom is 0.217 e. The Balaban J connectivity index is 4.18. The van der Waals surface area contributed by atoms with Gasteiger partial charge in [0.05, 0.1) is 19.3 Å². The van der Waals surface area contributed by atoms with Gasteiger partial charge in [-0.1, -0.05) is 0 Å². The smallest absolute Gasteiger partial charge is 0.217 e. The maximum atomic E-state index is 10.5. The summed E-state index contributed by atoms with van der Waals surface area (Å²) in [6.45, 7) is 0.588. The lowest BCUT2D eigenvalue weighted by atomic mass is 10.2. The highest BCUT2D eigenvalue weighted by atomic mass is 16.7. The second-order valence-electron chi connectivity index (χ2n) is 4.51. The number of carbonyl (C=O) groups excluding carboxylic acids is 1. The highest BCUT2D eigenvalue weighted by molar-refractivity contribution is 5.73. The molecule has 0 aromatic rings. The van der Waals surface area contributed by atoms with Gasteiger partial charge in [0.15, 0.2) is 6.29 Å². The number of rotatable bonds is 12. The summed E-state index contributed by atoms with van der Waals surface area (Å²) in [7, 11) is 0. The van der Waals surface area contributed by atoms with Crippen molar-refractivity contribution in [2.75, 3.05) is 19.8 Å². The van der Waals surface area contributed by atoms with Crippen LogP contribution in [0.15, 0.2) is 0 Å². The lowest BCUT2D eigenvalue weighted by Gasteiger charge is -2.28. The van der Waals surface area contributed by atoms with Gasteiger partial charge in [0.2, 0.25) is 5.91 Å². The molecule has 0 saturated carbocycles. The molecule has 120 valence electrons. The van der Waals surface area contributed by atoms with Crippen LogP contribution in [0.3, 0.4) is 0 Å². The van der Waals surface area contributed by atoms with Gasteiger partial charge < -0.3 is 35.6 Å². The van der Waals surface area contributed by atoms with Gasteiger partial charge in [-0.15, -0.1) is 0 Å². The summed E-state index contributed by atoms with van der Waals surface area (Å²) in [5, 5.41) is 36.8. The van der Waals surface area contributed by atoms with E-state index < -0.39 is 43.7 Å². The molecule has 0 rings (SSSR count). The van der Waals surface area contributed by atoms with E-state index >= 15 is 0 Å². The molecule has 0 saturated heterocycles. The van der Waals surface area contributed by atoms with Gasteiger partial charge in [0.1, 0.15) is 12.2 Å². The molecule has 0 aromatic carbocycles. The molecule has 0 aliphatic rings.